The van der Waals surface area contributed by atoms with Crippen LogP contribution in [0, 0.1) is 6.92 Å². The molecule has 0 bridgehead atoms. The second kappa shape index (κ2) is 7.61. The van der Waals surface area contributed by atoms with Crippen molar-refractivity contribution < 1.29 is 19.4 Å². The molecule has 116 valence electrons. The molecule has 22 heavy (non-hydrogen) atoms. The number of carboxylic acid groups (broad SMARTS) is 1. The maximum absolute atomic E-state index is 11.9. The van der Waals surface area contributed by atoms with Crippen LogP contribution in [0.1, 0.15) is 28.1 Å². The highest BCUT2D eigenvalue weighted by atomic mass is 32.1. The van der Waals surface area contributed by atoms with Crippen LogP contribution in [-0.4, -0.2) is 23.6 Å². The Morgan fingerprint density at radius 1 is 1.27 bits per heavy atom. The van der Waals surface area contributed by atoms with Gasteiger partial charge in [0.15, 0.2) is 0 Å². The minimum atomic E-state index is -1.04. The Bertz CT molecular complexity index is 651. The number of para-hydroxylation sites is 1. The van der Waals surface area contributed by atoms with Gasteiger partial charge >= 0.3 is 5.97 Å². The Labute approximate surface area is 132 Å². The highest BCUT2D eigenvalue weighted by Crippen LogP contribution is 2.27. The van der Waals surface area contributed by atoms with Gasteiger partial charge in [0.25, 0.3) is 0 Å². The highest BCUT2D eigenvalue weighted by molar-refractivity contribution is 7.16. The molecule has 1 heterocycles. The van der Waals surface area contributed by atoms with Crippen LogP contribution in [0.15, 0.2) is 36.4 Å². The third-order valence-corrected chi connectivity index (χ3v) is 3.86. The monoisotopic (exact) mass is 319 g/mol. The van der Waals surface area contributed by atoms with Crippen molar-refractivity contribution in [2.24, 2.45) is 0 Å². The van der Waals surface area contributed by atoms with E-state index in [-0.39, 0.29) is 17.9 Å². The molecule has 1 amide bonds. The standard InChI is InChI=1S/C16H17NO4S/c1-11-10-13(16(19)20)15(22-11)17-14(18)8-5-9-21-12-6-3-2-4-7-12/h2-4,6-7,10H,5,8-9H2,1H3,(H,17,18)(H,19,20). The van der Waals surface area contributed by atoms with E-state index in [1.54, 1.807) is 13.0 Å². The normalized spacial score (nSPS) is 10.2. The lowest BCUT2D eigenvalue weighted by molar-refractivity contribution is -0.116. The van der Waals surface area contributed by atoms with Crippen LogP contribution >= 0.6 is 11.3 Å². The second-order valence-electron chi connectivity index (χ2n) is 4.72. The fourth-order valence-electron chi connectivity index (χ4n) is 1.89. The molecule has 0 radical (unpaired) electrons. The van der Waals surface area contributed by atoms with Gasteiger partial charge < -0.3 is 15.2 Å². The lowest BCUT2D eigenvalue weighted by atomic mass is 10.2. The number of benzene rings is 1. The number of aryl methyl sites for hydroxylation is 1. The van der Waals surface area contributed by atoms with Gasteiger partial charge in [0.2, 0.25) is 5.91 Å². The summed E-state index contributed by atoms with van der Waals surface area (Å²) in [7, 11) is 0. The number of aromatic carboxylic acids is 1. The average Bonchev–Trinajstić information content (AvgIpc) is 2.85. The number of rotatable bonds is 7. The Balaban J connectivity index is 1.77. The van der Waals surface area contributed by atoms with E-state index in [9.17, 15) is 9.59 Å². The molecule has 0 saturated carbocycles. The van der Waals surface area contributed by atoms with Gasteiger partial charge in [0.05, 0.1) is 12.2 Å². The molecule has 0 aliphatic carbocycles. The van der Waals surface area contributed by atoms with Gasteiger partial charge in [-0.25, -0.2) is 4.79 Å². The molecule has 5 nitrogen and oxygen atoms in total. The summed E-state index contributed by atoms with van der Waals surface area (Å²) < 4.78 is 5.50. The summed E-state index contributed by atoms with van der Waals surface area (Å²) in [6.07, 6.45) is 0.844. The fraction of sp³-hybridized carbons (Fsp3) is 0.250. The minimum absolute atomic E-state index is 0.136. The SMILES string of the molecule is Cc1cc(C(=O)O)c(NC(=O)CCCOc2ccccc2)s1. The third kappa shape index (κ3) is 4.60. The highest BCUT2D eigenvalue weighted by Gasteiger charge is 2.15. The molecule has 0 aliphatic rings. The average molecular weight is 319 g/mol. The first-order valence-corrected chi connectivity index (χ1v) is 7.69. The van der Waals surface area contributed by atoms with E-state index >= 15 is 0 Å². The predicted molar refractivity (Wildman–Crippen MR) is 85.8 cm³/mol. The lowest BCUT2D eigenvalue weighted by Gasteiger charge is -2.06. The van der Waals surface area contributed by atoms with Gasteiger partial charge in [-0.2, -0.15) is 0 Å². The van der Waals surface area contributed by atoms with Crippen molar-refractivity contribution in [1.82, 2.24) is 0 Å². The van der Waals surface area contributed by atoms with E-state index in [4.69, 9.17) is 9.84 Å². The Hall–Kier alpha value is -2.34. The molecular formula is C16H17NO4S. The van der Waals surface area contributed by atoms with Crippen molar-refractivity contribution in [1.29, 1.82) is 0 Å². The molecule has 1 aromatic heterocycles. The Kier molecular flexibility index (Phi) is 5.55. The van der Waals surface area contributed by atoms with Crippen molar-refractivity contribution in [3.05, 3.63) is 46.8 Å². The van der Waals surface area contributed by atoms with Crippen LogP contribution in [0.5, 0.6) is 5.75 Å². The van der Waals surface area contributed by atoms with E-state index < -0.39 is 5.97 Å². The number of thiophene rings is 1. The van der Waals surface area contributed by atoms with Crippen molar-refractivity contribution in [3.8, 4) is 5.75 Å². The van der Waals surface area contributed by atoms with E-state index in [1.807, 2.05) is 30.3 Å². The quantitative estimate of drug-likeness (QED) is 0.765. The van der Waals surface area contributed by atoms with Crippen molar-refractivity contribution >= 4 is 28.2 Å². The zero-order chi connectivity index (χ0) is 15.9. The predicted octanol–water partition coefficient (Wildman–Crippen LogP) is 3.55. The summed E-state index contributed by atoms with van der Waals surface area (Å²) in [5.41, 5.74) is 0.136. The van der Waals surface area contributed by atoms with E-state index in [1.165, 1.54) is 11.3 Å². The smallest absolute Gasteiger partial charge is 0.338 e. The van der Waals surface area contributed by atoms with Crippen LogP contribution < -0.4 is 10.1 Å². The summed E-state index contributed by atoms with van der Waals surface area (Å²) in [6, 6.07) is 10.9. The summed E-state index contributed by atoms with van der Waals surface area (Å²) >= 11 is 1.26. The van der Waals surface area contributed by atoms with E-state index in [0.717, 1.165) is 10.6 Å². The molecule has 1 aromatic carbocycles. The molecule has 0 atom stereocenters. The first-order chi connectivity index (χ1) is 10.6. The van der Waals surface area contributed by atoms with E-state index in [2.05, 4.69) is 5.32 Å². The van der Waals surface area contributed by atoms with Crippen LogP contribution in [0.2, 0.25) is 0 Å². The van der Waals surface area contributed by atoms with Crippen molar-refractivity contribution in [2.75, 3.05) is 11.9 Å². The topological polar surface area (TPSA) is 75.6 Å². The zero-order valence-electron chi connectivity index (χ0n) is 12.2. The summed E-state index contributed by atoms with van der Waals surface area (Å²) in [5, 5.41) is 12.1. The molecule has 0 fully saturated rings. The van der Waals surface area contributed by atoms with Gasteiger partial charge in [0, 0.05) is 11.3 Å². The maximum Gasteiger partial charge on any atom is 0.338 e. The molecule has 0 aliphatic heterocycles. The molecule has 2 N–H and O–H groups in total. The minimum Gasteiger partial charge on any atom is -0.494 e. The number of hydrogen-bond acceptors (Lipinski definition) is 4. The summed E-state index contributed by atoms with van der Waals surface area (Å²) in [5.74, 6) is -0.474. The van der Waals surface area contributed by atoms with Gasteiger partial charge in [-0.15, -0.1) is 11.3 Å². The third-order valence-electron chi connectivity index (χ3n) is 2.90. The van der Waals surface area contributed by atoms with Crippen LogP contribution in [0.3, 0.4) is 0 Å². The Morgan fingerprint density at radius 3 is 2.68 bits per heavy atom. The van der Waals surface area contributed by atoms with Gasteiger partial charge in [0.1, 0.15) is 10.8 Å². The lowest BCUT2D eigenvalue weighted by Crippen LogP contribution is -2.13. The van der Waals surface area contributed by atoms with Crippen molar-refractivity contribution in [2.45, 2.75) is 19.8 Å². The number of carboxylic acids is 1. The molecule has 0 spiro atoms. The van der Waals surface area contributed by atoms with Crippen LogP contribution in [-0.2, 0) is 4.79 Å². The number of nitrogens with one attached hydrogen (secondary N) is 1. The first kappa shape index (κ1) is 16.0. The number of anilines is 1. The fourth-order valence-corrected chi connectivity index (χ4v) is 2.81. The zero-order valence-corrected chi connectivity index (χ0v) is 13.0. The van der Waals surface area contributed by atoms with Gasteiger partial charge in [-0.3, -0.25) is 4.79 Å². The first-order valence-electron chi connectivity index (χ1n) is 6.87. The largest absolute Gasteiger partial charge is 0.494 e. The second-order valence-corrected chi connectivity index (χ2v) is 5.97. The summed E-state index contributed by atoms with van der Waals surface area (Å²) in [4.78, 5) is 23.8. The van der Waals surface area contributed by atoms with Crippen LogP contribution in [0.4, 0.5) is 5.00 Å². The Morgan fingerprint density at radius 2 is 2.00 bits per heavy atom. The maximum atomic E-state index is 11.9. The number of carbonyl (C=O) groups is 2. The molecule has 2 rings (SSSR count). The van der Waals surface area contributed by atoms with Crippen LogP contribution in [0.25, 0.3) is 0 Å². The number of ether oxygens (including phenoxy) is 1. The molecular weight excluding hydrogens is 302 g/mol. The molecule has 2 aromatic rings. The summed E-state index contributed by atoms with van der Waals surface area (Å²) in [6.45, 7) is 2.24. The van der Waals surface area contributed by atoms with Gasteiger partial charge in [-0.05, 0) is 31.5 Å². The van der Waals surface area contributed by atoms with Gasteiger partial charge in [-0.1, -0.05) is 18.2 Å². The molecule has 6 heteroatoms. The molecule has 0 saturated heterocycles. The number of amides is 1. The molecule has 0 unspecified atom stereocenters. The number of hydrogen-bond donors (Lipinski definition) is 2. The van der Waals surface area contributed by atoms with Crippen molar-refractivity contribution in [3.63, 3.8) is 0 Å². The number of carbonyl (C=O) groups excluding carboxylic acids is 1. The van der Waals surface area contributed by atoms with E-state index in [0.29, 0.717) is 18.0 Å².